The van der Waals surface area contributed by atoms with Crippen LogP contribution in [0.5, 0.6) is 5.75 Å². The minimum atomic E-state index is -4.45. The Balaban J connectivity index is 3.17. The van der Waals surface area contributed by atoms with Crippen molar-refractivity contribution in [2.24, 2.45) is 5.73 Å². The fourth-order valence-electron chi connectivity index (χ4n) is 1.28. The number of halogens is 4. The second kappa shape index (κ2) is 4.69. The minimum Gasteiger partial charge on any atom is -0.496 e. The van der Waals surface area contributed by atoms with Gasteiger partial charge in [0.2, 0.25) is 0 Å². The number of methoxy groups -OCH3 is 1. The quantitative estimate of drug-likeness (QED) is 0.820. The molecule has 0 spiro atoms. The lowest BCUT2D eigenvalue weighted by Gasteiger charge is -2.15. The summed E-state index contributed by atoms with van der Waals surface area (Å²) in [6.07, 6.45) is -4.45. The van der Waals surface area contributed by atoms with Gasteiger partial charge in [-0.1, -0.05) is 6.07 Å². The normalized spacial score (nSPS) is 13.6. The average molecular weight is 237 g/mol. The monoisotopic (exact) mass is 237 g/mol. The molecular weight excluding hydrogens is 226 g/mol. The molecule has 0 unspecified atom stereocenters. The summed E-state index contributed by atoms with van der Waals surface area (Å²) in [6.45, 7) is -0.859. The first-order chi connectivity index (χ1) is 7.40. The van der Waals surface area contributed by atoms with Crippen LogP contribution in [-0.2, 0) is 6.18 Å². The summed E-state index contributed by atoms with van der Waals surface area (Å²) < 4.78 is 54.2. The Kier molecular flexibility index (Phi) is 3.74. The van der Waals surface area contributed by atoms with Crippen LogP contribution in [0.25, 0.3) is 0 Å². The van der Waals surface area contributed by atoms with Crippen molar-refractivity contribution in [1.29, 1.82) is 0 Å². The maximum Gasteiger partial charge on any atom is 0.416 e. The Hall–Kier alpha value is -1.30. The molecule has 0 aliphatic carbocycles. The van der Waals surface area contributed by atoms with E-state index in [4.69, 9.17) is 10.5 Å². The molecule has 2 N–H and O–H groups in total. The van der Waals surface area contributed by atoms with Crippen molar-refractivity contribution >= 4 is 0 Å². The first-order valence-corrected chi connectivity index (χ1v) is 4.46. The molecule has 0 aliphatic rings. The molecule has 0 aromatic heterocycles. The van der Waals surface area contributed by atoms with E-state index in [9.17, 15) is 17.6 Å². The number of nitrogens with two attached hydrogens (primary N) is 1. The maximum atomic E-state index is 12.4. The van der Waals surface area contributed by atoms with Crippen LogP contribution in [-0.4, -0.2) is 13.8 Å². The van der Waals surface area contributed by atoms with Gasteiger partial charge in [-0.25, -0.2) is 4.39 Å². The van der Waals surface area contributed by atoms with E-state index in [2.05, 4.69) is 0 Å². The van der Waals surface area contributed by atoms with E-state index in [-0.39, 0.29) is 11.3 Å². The van der Waals surface area contributed by atoms with Gasteiger partial charge in [-0.05, 0) is 12.1 Å². The van der Waals surface area contributed by atoms with E-state index in [1.807, 2.05) is 0 Å². The van der Waals surface area contributed by atoms with Crippen molar-refractivity contribution < 1.29 is 22.3 Å². The molecule has 1 aromatic carbocycles. The molecule has 1 atom stereocenters. The van der Waals surface area contributed by atoms with Gasteiger partial charge in [0.15, 0.2) is 0 Å². The molecule has 0 aliphatic heterocycles. The van der Waals surface area contributed by atoms with Crippen molar-refractivity contribution in [2.75, 3.05) is 13.8 Å². The predicted octanol–water partition coefficient (Wildman–Crippen LogP) is 2.68. The lowest BCUT2D eigenvalue weighted by atomic mass is 10.0. The van der Waals surface area contributed by atoms with Crippen molar-refractivity contribution in [3.8, 4) is 5.75 Å². The smallest absolute Gasteiger partial charge is 0.416 e. The third-order valence-electron chi connectivity index (χ3n) is 2.13. The molecule has 2 nitrogen and oxygen atoms in total. The van der Waals surface area contributed by atoms with Gasteiger partial charge >= 0.3 is 6.18 Å². The van der Waals surface area contributed by atoms with Gasteiger partial charge < -0.3 is 10.5 Å². The molecular formula is C10H11F4NO. The minimum absolute atomic E-state index is 0.0556. The summed E-state index contributed by atoms with van der Waals surface area (Å²) in [7, 11) is 1.21. The highest BCUT2D eigenvalue weighted by Crippen LogP contribution is 2.34. The summed E-state index contributed by atoms with van der Waals surface area (Å²) >= 11 is 0. The van der Waals surface area contributed by atoms with E-state index in [0.29, 0.717) is 0 Å². The van der Waals surface area contributed by atoms with Gasteiger partial charge in [-0.2, -0.15) is 13.2 Å². The SMILES string of the molecule is COc1cc(C(F)(F)F)ccc1[C@@H](N)CF. The van der Waals surface area contributed by atoms with Crippen molar-refractivity contribution in [3.05, 3.63) is 29.3 Å². The molecule has 1 rings (SSSR count). The lowest BCUT2D eigenvalue weighted by molar-refractivity contribution is -0.137. The molecule has 0 heterocycles. The third-order valence-corrected chi connectivity index (χ3v) is 2.13. The van der Waals surface area contributed by atoms with E-state index in [0.717, 1.165) is 18.2 Å². The number of rotatable bonds is 3. The average Bonchev–Trinajstić information content (AvgIpc) is 2.26. The van der Waals surface area contributed by atoms with Crippen LogP contribution in [0, 0.1) is 0 Å². The van der Waals surface area contributed by atoms with Crippen LogP contribution in [0.1, 0.15) is 17.2 Å². The Labute approximate surface area is 90.0 Å². The van der Waals surface area contributed by atoms with Crippen LogP contribution in [0.3, 0.4) is 0 Å². The highest BCUT2D eigenvalue weighted by molar-refractivity contribution is 5.40. The van der Waals surface area contributed by atoms with Crippen molar-refractivity contribution in [1.82, 2.24) is 0 Å². The molecule has 0 bridgehead atoms. The highest BCUT2D eigenvalue weighted by Gasteiger charge is 2.31. The van der Waals surface area contributed by atoms with Gasteiger partial charge in [-0.3, -0.25) is 0 Å². The predicted molar refractivity (Wildman–Crippen MR) is 50.9 cm³/mol. The van der Waals surface area contributed by atoms with Gasteiger partial charge in [0, 0.05) is 5.56 Å². The number of hydrogen-bond acceptors (Lipinski definition) is 2. The zero-order chi connectivity index (χ0) is 12.3. The second-order valence-electron chi connectivity index (χ2n) is 3.22. The number of alkyl halides is 4. The van der Waals surface area contributed by atoms with Crippen LogP contribution >= 0.6 is 0 Å². The molecule has 16 heavy (non-hydrogen) atoms. The number of ether oxygens (including phenoxy) is 1. The standard InChI is InChI=1S/C10H11F4NO/c1-16-9-4-6(10(12,13)14)2-3-7(9)8(15)5-11/h2-4,8H,5,15H2,1H3/t8-/m0/s1. The molecule has 1 aromatic rings. The van der Waals surface area contributed by atoms with Gasteiger partial charge in [-0.15, -0.1) is 0 Å². The van der Waals surface area contributed by atoms with Crippen LogP contribution < -0.4 is 10.5 Å². The molecule has 0 saturated carbocycles. The van der Waals surface area contributed by atoms with Gasteiger partial charge in [0.1, 0.15) is 12.4 Å². The highest BCUT2D eigenvalue weighted by atomic mass is 19.4. The van der Waals surface area contributed by atoms with Crippen molar-refractivity contribution in [2.45, 2.75) is 12.2 Å². The Bertz CT molecular complexity index is 364. The molecule has 6 heteroatoms. The zero-order valence-corrected chi connectivity index (χ0v) is 8.51. The van der Waals surface area contributed by atoms with Crippen molar-refractivity contribution in [3.63, 3.8) is 0 Å². The van der Waals surface area contributed by atoms with E-state index in [1.165, 1.54) is 7.11 Å². The second-order valence-corrected chi connectivity index (χ2v) is 3.22. The first-order valence-electron chi connectivity index (χ1n) is 4.46. The molecule has 0 radical (unpaired) electrons. The number of hydrogen-bond donors (Lipinski definition) is 1. The summed E-state index contributed by atoms with van der Waals surface area (Å²) in [4.78, 5) is 0. The zero-order valence-electron chi connectivity index (χ0n) is 8.51. The van der Waals surface area contributed by atoms with Crippen LogP contribution in [0.4, 0.5) is 17.6 Å². The van der Waals surface area contributed by atoms with E-state index >= 15 is 0 Å². The largest absolute Gasteiger partial charge is 0.496 e. The molecule has 0 fully saturated rings. The molecule has 0 saturated heterocycles. The topological polar surface area (TPSA) is 35.2 Å². The Morgan fingerprint density at radius 2 is 2.00 bits per heavy atom. The fourth-order valence-corrected chi connectivity index (χ4v) is 1.28. The molecule has 90 valence electrons. The number of benzene rings is 1. The Morgan fingerprint density at radius 1 is 1.38 bits per heavy atom. The summed E-state index contributed by atoms with van der Waals surface area (Å²) in [5.74, 6) is -0.0556. The van der Waals surface area contributed by atoms with Gasteiger partial charge in [0.25, 0.3) is 0 Å². The molecule has 0 amide bonds. The van der Waals surface area contributed by atoms with E-state index < -0.39 is 24.5 Å². The fraction of sp³-hybridized carbons (Fsp3) is 0.400. The maximum absolute atomic E-state index is 12.4. The van der Waals surface area contributed by atoms with E-state index in [1.54, 1.807) is 0 Å². The van der Waals surface area contributed by atoms with Crippen LogP contribution in [0.2, 0.25) is 0 Å². The summed E-state index contributed by atoms with van der Waals surface area (Å²) in [6, 6.07) is 1.82. The lowest BCUT2D eigenvalue weighted by Crippen LogP contribution is -2.14. The van der Waals surface area contributed by atoms with Crippen LogP contribution in [0.15, 0.2) is 18.2 Å². The Morgan fingerprint density at radius 3 is 2.44 bits per heavy atom. The summed E-state index contributed by atoms with van der Waals surface area (Å²) in [5.41, 5.74) is 4.77. The third kappa shape index (κ3) is 2.63. The van der Waals surface area contributed by atoms with Gasteiger partial charge in [0.05, 0.1) is 18.7 Å². The summed E-state index contributed by atoms with van der Waals surface area (Å²) in [5, 5.41) is 0. The first kappa shape index (κ1) is 12.8.